The monoisotopic (exact) mass is 322 g/mol. The number of nitriles is 1. The summed E-state index contributed by atoms with van der Waals surface area (Å²) in [5, 5.41) is 8.82. The molecule has 0 N–H and O–H groups in total. The first-order valence-electron chi connectivity index (χ1n) is 7.49. The standard InChI is InChI=1S/C19H15FN2O2/c1-19(2)22-16(15-9-14(20)7-8-18(15)24-19)10-17(23)13-5-3-12(11-21)4-6-13/h3-9H,10H2,1-2H3. The Hall–Kier alpha value is -3.00. The van der Waals surface area contributed by atoms with Gasteiger partial charge in [-0.2, -0.15) is 5.26 Å². The maximum atomic E-state index is 13.6. The number of ketones is 1. The number of nitrogens with zero attached hydrogens (tertiary/aromatic N) is 2. The zero-order valence-electron chi connectivity index (χ0n) is 13.3. The summed E-state index contributed by atoms with van der Waals surface area (Å²) in [7, 11) is 0. The number of Topliss-reactive ketones (excluding diaryl/α,β-unsaturated/α-hetero) is 1. The molecule has 0 aliphatic carbocycles. The Morgan fingerprint density at radius 1 is 1.25 bits per heavy atom. The van der Waals surface area contributed by atoms with E-state index in [1.807, 2.05) is 6.07 Å². The highest BCUT2D eigenvalue weighted by molar-refractivity contribution is 6.17. The molecule has 0 aromatic heterocycles. The lowest BCUT2D eigenvalue weighted by Gasteiger charge is -2.30. The number of benzene rings is 2. The Balaban J connectivity index is 1.93. The average molecular weight is 322 g/mol. The van der Waals surface area contributed by atoms with Crippen molar-refractivity contribution >= 4 is 11.5 Å². The minimum absolute atomic E-state index is 0.0368. The van der Waals surface area contributed by atoms with Crippen molar-refractivity contribution in [1.29, 1.82) is 5.26 Å². The summed E-state index contributed by atoms with van der Waals surface area (Å²) in [6, 6.07) is 12.6. The molecule has 2 aromatic carbocycles. The summed E-state index contributed by atoms with van der Waals surface area (Å²) in [6.07, 6.45) is 0.0368. The molecule has 0 spiro atoms. The molecule has 0 saturated carbocycles. The molecule has 0 fully saturated rings. The average Bonchev–Trinajstić information content (AvgIpc) is 2.55. The third-order valence-corrected chi connectivity index (χ3v) is 3.68. The van der Waals surface area contributed by atoms with Crippen LogP contribution in [0.1, 0.15) is 41.8 Å². The molecule has 0 unspecified atom stereocenters. The highest BCUT2D eigenvalue weighted by Crippen LogP contribution is 2.32. The zero-order valence-corrected chi connectivity index (χ0v) is 13.3. The van der Waals surface area contributed by atoms with Gasteiger partial charge in [0.05, 0.1) is 23.8 Å². The lowest BCUT2D eigenvalue weighted by atomic mass is 9.97. The molecule has 24 heavy (non-hydrogen) atoms. The zero-order chi connectivity index (χ0) is 17.3. The van der Waals surface area contributed by atoms with E-state index in [2.05, 4.69) is 4.99 Å². The number of rotatable bonds is 3. The number of hydrogen-bond donors (Lipinski definition) is 0. The molecule has 0 amide bonds. The molecule has 1 aliphatic rings. The second-order valence-electron chi connectivity index (χ2n) is 6.04. The molecule has 3 rings (SSSR count). The van der Waals surface area contributed by atoms with E-state index in [9.17, 15) is 9.18 Å². The summed E-state index contributed by atoms with van der Waals surface area (Å²) >= 11 is 0. The Morgan fingerprint density at radius 3 is 2.62 bits per heavy atom. The summed E-state index contributed by atoms with van der Waals surface area (Å²) < 4.78 is 19.3. The number of ether oxygens (including phenoxy) is 1. The van der Waals surface area contributed by atoms with E-state index in [4.69, 9.17) is 10.00 Å². The summed E-state index contributed by atoms with van der Waals surface area (Å²) in [5.74, 6) is -0.0410. The Kier molecular flexibility index (Phi) is 3.90. The minimum atomic E-state index is -0.814. The van der Waals surface area contributed by atoms with Gasteiger partial charge in [0.1, 0.15) is 11.6 Å². The van der Waals surface area contributed by atoms with Crippen LogP contribution in [0.2, 0.25) is 0 Å². The van der Waals surface area contributed by atoms with Crippen molar-refractivity contribution in [2.75, 3.05) is 0 Å². The SMILES string of the molecule is CC1(C)N=C(CC(=O)c2ccc(C#N)cc2)c2cc(F)ccc2O1. The first kappa shape index (κ1) is 15.9. The molecular weight excluding hydrogens is 307 g/mol. The van der Waals surface area contributed by atoms with Crippen molar-refractivity contribution in [3.63, 3.8) is 0 Å². The smallest absolute Gasteiger partial charge is 0.194 e. The molecule has 2 aromatic rings. The van der Waals surface area contributed by atoms with Crippen LogP contribution in [0.4, 0.5) is 4.39 Å². The van der Waals surface area contributed by atoms with E-state index in [-0.39, 0.29) is 12.2 Å². The van der Waals surface area contributed by atoms with Crippen LogP contribution >= 0.6 is 0 Å². The van der Waals surface area contributed by atoms with Gasteiger partial charge in [-0.05, 0) is 44.2 Å². The number of carbonyl (C=O) groups excluding carboxylic acids is 1. The molecule has 0 bridgehead atoms. The Morgan fingerprint density at radius 2 is 1.96 bits per heavy atom. The maximum Gasteiger partial charge on any atom is 0.194 e. The van der Waals surface area contributed by atoms with Crippen LogP contribution in [-0.4, -0.2) is 17.2 Å². The summed E-state index contributed by atoms with van der Waals surface area (Å²) in [6.45, 7) is 3.57. The lowest BCUT2D eigenvalue weighted by Crippen LogP contribution is -2.32. The number of fused-ring (bicyclic) bond motifs is 1. The van der Waals surface area contributed by atoms with Gasteiger partial charge in [0.25, 0.3) is 0 Å². The van der Waals surface area contributed by atoms with Crippen molar-refractivity contribution < 1.29 is 13.9 Å². The highest BCUT2D eigenvalue weighted by Gasteiger charge is 2.29. The molecular formula is C19H15FN2O2. The number of carbonyl (C=O) groups is 1. The molecule has 4 nitrogen and oxygen atoms in total. The van der Waals surface area contributed by atoms with Crippen molar-refractivity contribution in [2.45, 2.75) is 26.0 Å². The van der Waals surface area contributed by atoms with Crippen LogP contribution in [-0.2, 0) is 0 Å². The normalized spacial score (nSPS) is 14.8. The van der Waals surface area contributed by atoms with E-state index in [1.165, 1.54) is 12.1 Å². The van der Waals surface area contributed by atoms with Gasteiger partial charge >= 0.3 is 0 Å². The van der Waals surface area contributed by atoms with Crippen molar-refractivity contribution in [2.24, 2.45) is 4.99 Å². The van der Waals surface area contributed by atoms with E-state index >= 15 is 0 Å². The molecule has 0 saturated heterocycles. The second-order valence-corrected chi connectivity index (χ2v) is 6.04. The predicted octanol–water partition coefficient (Wildman–Crippen LogP) is 3.89. The van der Waals surface area contributed by atoms with Crippen molar-refractivity contribution in [1.82, 2.24) is 0 Å². The van der Waals surface area contributed by atoms with Gasteiger partial charge < -0.3 is 4.74 Å². The first-order chi connectivity index (χ1) is 11.4. The van der Waals surface area contributed by atoms with Crippen LogP contribution in [0, 0.1) is 17.1 Å². The third-order valence-electron chi connectivity index (χ3n) is 3.68. The Bertz CT molecular complexity index is 877. The molecule has 5 heteroatoms. The summed E-state index contributed by atoms with van der Waals surface area (Å²) in [5.41, 5.74) is 1.15. The number of aliphatic imine (C=N–C) groups is 1. The topological polar surface area (TPSA) is 62.5 Å². The van der Waals surface area contributed by atoms with E-state index in [1.54, 1.807) is 44.2 Å². The lowest BCUT2D eigenvalue weighted by molar-refractivity contribution is 0.0994. The van der Waals surface area contributed by atoms with Crippen molar-refractivity contribution in [3.05, 3.63) is 65.0 Å². The van der Waals surface area contributed by atoms with Gasteiger partial charge in [0.15, 0.2) is 11.5 Å². The highest BCUT2D eigenvalue weighted by atomic mass is 19.1. The quantitative estimate of drug-likeness (QED) is 0.805. The predicted molar refractivity (Wildman–Crippen MR) is 87.7 cm³/mol. The van der Waals surface area contributed by atoms with E-state index in [0.29, 0.717) is 28.2 Å². The second kappa shape index (κ2) is 5.89. The van der Waals surface area contributed by atoms with Crippen LogP contribution in [0.3, 0.4) is 0 Å². The minimum Gasteiger partial charge on any atom is -0.466 e. The molecule has 1 aliphatic heterocycles. The molecule has 0 atom stereocenters. The van der Waals surface area contributed by atoms with Crippen LogP contribution in [0.25, 0.3) is 0 Å². The van der Waals surface area contributed by atoms with Gasteiger partial charge in [0.2, 0.25) is 0 Å². The molecule has 0 radical (unpaired) electrons. The van der Waals surface area contributed by atoms with Gasteiger partial charge in [-0.3, -0.25) is 4.79 Å². The molecule has 1 heterocycles. The fourth-order valence-corrected chi connectivity index (χ4v) is 2.61. The van der Waals surface area contributed by atoms with Crippen LogP contribution < -0.4 is 4.74 Å². The summed E-state index contributed by atoms with van der Waals surface area (Å²) in [4.78, 5) is 17.0. The molecule has 120 valence electrons. The fourth-order valence-electron chi connectivity index (χ4n) is 2.61. The largest absolute Gasteiger partial charge is 0.466 e. The van der Waals surface area contributed by atoms with Gasteiger partial charge in [-0.25, -0.2) is 9.38 Å². The van der Waals surface area contributed by atoms with Crippen molar-refractivity contribution in [3.8, 4) is 11.8 Å². The van der Waals surface area contributed by atoms with E-state index < -0.39 is 11.5 Å². The first-order valence-corrected chi connectivity index (χ1v) is 7.49. The van der Waals surface area contributed by atoms with Gasteiger partial charge in [0, 0.05) is 11.1 Å². The Labute approximate surface area is 139 Å². The van der Waals surface area contributed by atoms with Crippen LogP contribution in [0.5, 0.6) is 5.75 Å². The third kappa shape index (κ3) is 3.18. The number of halogens is 1. The van der Waals surface area contributed by atoms with E-state index in [0.717, 1.165) is 0 Å². The van der Waals surface area contributed by atoms with Gasteiger partial charge in [-0.15, -0.1) is 0 Å². The number of hydrogen-bond acceptors (Lipinski definition) is 4. The maximum absolute atomic E-state index is 13.6. The fraction of sp³-hybridized carbons (Fsp3) is 0.211. The van der Waals surface area contributed by atoms with Crippen LogP contribution in [0.15, 0.2) is 47.5 Å². The van der Waals surface area contributed by atoms with Gasteiger partial charge in [-0.1, -0.05) is 12.1 Å².